The van der Waals surface area contributed by atoms with Crippen LogP contribution >= 0.6 is 0 Å². The number of nitrogen functional groups attached to an aromatic ring is 1. The maximum Gasteiger partial charge on any atom is 0.255 e. The number of aromatic hydroxyl groups is 1. The molecule has 5 heteroatoms. The fraction of sp³-hybridized carbons (Fsp3) is 0.0500. The molecule has 0 aliphatic carbocycles. The molecule has 0 atom stereocenters. The van der Waals surface area contributed by atoms with Crippen molar-refractivity contribution in [2.75, 3.05) is 16.4 Å². The van der Waals surface area contributed by atoms with Crippen molar-refractivity contribution in [3.8, 4) is 5.75 Å². The molecule has 0 saturated heterocycles. The van der Waals surface area contributed by atoms with Crippen LogP contribution < -0.4 is 16.4 Å². The summed E-state index contributed by atoms with van der Waals surface area (Å²) in [6.07, 6.45) is 0. The number of para-hydroxylation sites is 2. The van der Waals surface area contributed by atoms with Gasteiger partial charge in [-0.25, -0.2) is 0 Å². The van der Waals surface area contributed by atoms with Crippen LogP contribution in [-0.4, -0.2) is 11.0 Å². The molecule has 0 aromatic heterocycles. The van der Waals surface area contributed by atoms with E-state index in [4.69, 9.17) is 5.73 Å². The molecule has 1 amide bonds. The molecule has 3 rings (SSSR count). The Hall–Kier alpha value is -3.47. The monoisotopic (exact) mass is 333 g/mol. The summed E-state index contributed by atoms with van der Waals surface area (Å²) in [6, 6.07) is 21.4. The highest BCUT2D eigenvalue weighted by Gasteiger charge is 2.07. The molecule has 0 heterocycles. The lowest BCUT2D eigenvalue weighted by atomic mass is 10.1. The molecule has 5 nitrogen and oxygen atoms in total. The summed E-state index contributed by atoms with van der Waals surface area (Å²) >= 11 is 0. The van der Waals surface area contributed by atoms with E-state index in [2.05, 4.69) is 10.6 Å². The fourth-order valence-electron chi connectivity index (χ4n) is 2.36. The minimum Gasteiger partial charge on any atom is -0.508 e. The van der Waals surface area contributed by atoms with Crippen LogP contribution in [0.1, 0.15) is 15.9 Å². The average Bonchev–Trinajstić information content (AvgIpc) is 2.63. The number of hydrogen-bond acceptors (Lipinski definition) is 4. The summed E-state index contributed by atoms with van der Waals surface area (Å²) < 4.78 is 0. The van der Waals surface area contributed by atoms with Crippen LogP contribution in [0, 0.1) is 0 Å². The van der Waals surface area contributed by atoms with Crippen LogP contribution in [0.15, 0.2) is 72.8 Å². The van der Waals surface area contributed by atoms with Crippen LogP contribution in [0.25, 0.3) is 0 Å². The Labute approximate surface area is 146 Å². The summed E-state index contributed by atoms with van der Waals surface area (Å²) in [5, 5.41) is 15.3. The molecule has 0 bridgehead atoms. The van der Waals surface area contributed by atoms with Crippen LogP contribution in [0.3, 0.4) is 0 Å². The minimum absolute atomic E-state index is 0.198. The van der Waals surface area contributed by atoms with Gasteiger partial charge < -0.3 is 21.5 Å². The number of hydrogen-bond donors (Lipinski definition) is 4. The summed E-state index contributed by atoms with van der Waals surface area (Å²) in [4.78, 5) is 12.3. The third-order valence-corrected chi connectivity index (χ3v) is 3.79. The lowest BCUT2D eigenvalue weighted by Crippen LogP contribution is -2.13. The average molecular weight is 333 g/mol. The standard InChI is InChI=1S/C20H19N3O2/c21-18-3-1-2-4-19(18)23-20(25)15-7-5-14(6-8-15)13-22-16-9-11-17(24)12-10-16/h1-12,22,24H,13,21H2,(H,23,25). The Morgan fingerprint density at radius 3 is 2.28 bits per heavy atom. The highest BCUT2D eigenvalue weighted by atomic mass is 16.3. The van der Waals surface area contributed by atoms with E-state index in [9.17, 15) is 9.90 Å². The molecule has 0 fully saturated rings. The van der Waals surface area contributed by atoms with Gasteiger partial charge in [0.2, 0.25) is 0 Å². The Balaban J connectivity index is 1.60. The smallest absolute Gasteiger partial charge is 0.255 e. The molecule has 3 aromatic carbocycles. The normalized spacial score (nSPS) is 10.2. The third-order valence-electron chi connectivity index (χ3n) is 3.79. The van der Waals surface area contributed by atoms with Gasteiger partial charge in [-0.3, -0.25) is 4.79 Å². The second kappa shape index (κ2) is 7.40. The molecule has 0 aliphatic rings. The van der Waals surface area contributed by atoms with E-state index in [1.165, 1.54) is 0 Å². The lowest BCUT2D eigenvalue weighted by molar-refractivity contribution is 0.102. The summed E-state index contributed by atoms with van der Waals surface area (Å²) in [6.45, 7) is 0.623. The highest BCUT2D eigenvalue weighted by molar-refractivity contribution is 6.05. The van der Waals surface area contributed by atoms with Crippen molar-refractivity contribution in [3.63, 3.8) is 0 Å². The molecule has 5 N–H and O–H groups in total. The summed E-state index contributed by atoms with van der Waals surface area (Å²) in [5.41, 5.74) is 9.50. The molecule has 0 saturated carbocycles. The van der Waals surface area contributed by atoms with E-state index < -0.39 is 0 Å². The highest BCUT2D eigenvalue weighted by Crippen LogP contribution is 2.18. The van der Waals surface area contributed by atoms with Gasteiger partial charge in [-0.1, -0.05) is 24.3 Å². The number of carbonyl (C=O) groups excluding carboxylic acids is 1. The van der Waals surface area contributed by atoms with Crippen molar-refractivity contribution in [1.82, 2.24) is 0 Å². The first-order valence-electron chi connectivity index (χ1n) is 7.89. The van der Waals surface area contributed by atoms with Gasteiger partial charge in [-0.2, -0.15) is 0 Å². The van der Waals surface area contributed by atoms with Crippen LogP contribution in [0.4, 0.5) is 17.1 Å². The second-order valence-electron chi connectivity index (χ2n) is 5.64. The number of anilines is 3. The quantitative estimate of drug-likeness (QED) is 0.422. The van der Waals surface area contributed by atoms with E-state index in [0.717, 1.165) is 11.3 Å². The number of nitrogens with two attached hydrogens (primary N) is 1. The number of phenolic OH excluding ortho intramolecular Hbond substituents is 1. The van der Waals surface area contributed by atoms with Crippen LogP contribution in [-0.2, 0) is 6.54 Å². The number of carbonyl (C=O) groups is 1. The summed E-state index contributed by atoms with van der Waals surface area (Å²) in [5.74, 6) is 0.0379. The zero-order valence-corrected chi connectivity index (χ0v) is 13.6. The first-order valence-corrected chi connectivity index (χ1v) is 7.89. The van der Waals surface area contributed by atoms with Gasteiger partial charge in [0.15, 0.2) is 0 Å². The Bertz CT molecular complexity index is 859. The van der Waals surface area contributed by atoms with Crippen molar-refractivity contribution in [2.45, 2.75) is 6.54 Å². The van der Waals surface area contributed by atoms with Gasteiger partial charge in [0, 0.05) is 17.8 Å². The van der Waals surface area contributed by atoms with Gasteiger partial charge in [-0.05, 0) is 54.1 Å². The summed E-state index contributed by atoms with van der Waals surface area (Å²) in [7, 11) is 0. The van der Waals surface area contributed by atoms with Gasteiger partial charge in [0.25, 0.3) is 5.91 Å². The molecular weight excluding hydrogens is 314 g/mol. The zero-order valence-electron chi connectivity index (χ0n) is 13.6. The SMILES string of the molecule is Nc1ccccc1NC(=O)c1ccc(CNc2ccc(O)cc2)cc1. The van der Waals surface area contributed by atoms with Crippen molar-refractivity contribution in [3.05, 3.63) is 83.9 Å². The first kappa shape index (κ1) is 16.4. The van der Waals surface area contributed by atoms with E-state index in [1.54, 1.807) is 48.5 Å². The minimum atomic E-state index is -0.198. The molecule has 0 unspecified atom stereocenters. The maximum absolute atomic E-state index is 12.3. The van der Waals surface area contributed by atoms with Crippen LogP contribution in [0.5, 0.6) is 5.75 Å². The largest absolute Gasteiger partial charge is 0.508 e. The number of benzene rings is 3. The predicted molar refractivity (Wildman–Crippen MR) is 101 cm³/mol. The van der Waals surface area contributed by atoms with Crippen LogP contribution in [0.2, 0.25) is 0 Å². The van der Waals surface area contributed by atoms with Crippen molar-refractivity contribution >= 4 is 23.0 Å². The maximum atomic E-state index is 12.3. The molecule has 0 radical (unpaired) electrons. The predicted octanol–water partition coefficient (Wildman–Crippen LogP) is 3.84. The molecule has 3 aromatic rings. The zero-order chi connectivity index (χ0) is 17.6. The van der Waals surface area contributed by atoms with E-state index in [1.807, 2.05) is 24.3 Å². The second-order valence-corrected chi connectivity index (χ2v) is 5.64. The number of amides is 1. The van der Waals surface area contributed by atoms with E-state index in [0.29, 0.717) is 23.5 Å². The molecule has 0 aliphatic heterocycles. The number of nitrogens with one attached hydrogen (secondary N) is 2. The van der Waals surface area contributed by atoms with Gasteiger partial charge in [-0.15, -0.1) is 0 Å². The first-order chi connectivity index (χ1) is 12.1. The molecule has 25 heavy (non-hydrogen) atoms. The van der Waals surface area contributed by atoms with Gasteiger partial charge >= 0.3 is 0 Å². The molecular formula is C20H19N3O2. The Kier molecular flexibility index (Phi) is 4.85. The number of rotatable bonds is 5. The lowest BCUT2D eigenvalue weighted by Gasteiger charge is -2.09. The molecule has 126 valence electrons. The number of phenols is 1. The Morgan fingerprint density at radius 1 is 0.920 bits per heavy atom. The topological polar surface area (TPSA) is 87.4 Å². The fourth-order valence-corrected chi connectivity index (χ4v) is 2.36. The Morgan fingerprint density at radius 2 is 1.60 bits per heavy atom. The van der Waals surface area contributed by atoms with Crippen molar-refractivity contribution < 1.29 is 9.90 Å². The van der Waals surface area contributed by atoms with E-state index in [-0.39, 0.29) is 11.7 Å². The molecule has 0 spiro atoms. The van der Waals surface area contributed by atoms with E-state index >= 15 is 0 Å². The third kappa shape index (κ3) is 4.29. The van der Waals surface area contributed by atoms with Gasteiger partial charge in [0.05, 0.1) is 11.4 Å². The van der Waals surface area contributed by atoms with Crippen molar-refractivity contribution in [1.29, 1.82) is 0 Å². The van der Waals surface area contributed by atoms with Gasteiger partial charge in [0.1, 0.15) is 5.75 Å². The van der Waals surface area contributed by atoms with Crippen molar-refractivity contribution in [2.24, 2.45) is 0 Å².